The Morgan fingerprint density at radius 3 is 2.48 bits per heavy atom. The highest BCUT2D eigenvalue weighted by atomic mass is 79.9. The van der Waals surface area contributed by atoms with E-state index in [1.807, 2.05) is 19.2 Å². The second kappa shape index (κ2) is 7.63. The first-order valence-electron chi connectivity index (χ1n) is 6.43. The van der Waals surface area contributed by atoms with E-state index in [1.165, 1.54) is 15.3 Å². The molecule has 1 heterocycles. The van der Waals surface area contributed by atoms with Crippen LogP contribution in [0.15, 0.2) is 27.1 Å². The van der Waals surface area contributed by atoms with Crippen molar-refractivity contribution >= 4 is 43.2 Å². The third-order valence-electron chi connectivity index (χ3n) is 3.01. The van der Waals surface area contributed by atoms with Gasteiger partial charge in [0.15, 0.2) is 0 Å². The van der Waals surface area contributed by atoms with Crippen LogP contribution in [-0.2, 0) is 13.2 Å². The summed E-state index contributed by atoms with van der Waals surface area (Å²) in [6.45, 7) is 3.58. The summed E-state index contributed by atoms with van der Waals surface area (Å²) in [6.07, 6.45) is 0. The summed E-state index contributed by atoms with van der Waals surface area (Å²) in [5.41, 5.74) is 1.23. The largest absolute Gasteiger partial charge is 0.496 e. The number of rotatable bonds is 6. The van der Waals surface area contributed by atoms with Crippen molar-refractivity contribution in [3.63, 3.8) is 0 Å². The van der Waals surface area contributed by atoms with E-state index in [9.17, 15) is 0 Å². The average molecular weight is 435 g/mol. The molecule has 0 saturated heterocycles. The van der Waals surface area contributed by atoms with Gasteiger partial charge in [-0.05, 0) is 64.0 Å². The molecule has 0 spiro atoms. The van der Waals surface area contributed by atoms with Gasteiger partial charge in [-0.3, -0.25) is 0 Å². The lowest BCUT2D eigenvalue weighted by Crippen LogP contribution is -2.03. The summed E-state index contributed by atoms with van der Waals surface area (Å²) < 4.78 is 12.9. The lowest BCUT2D eigenvalue weighted by Gasteiger charge is -2.11. The van der Waals surface area contributed by atoms with Crippen molar-refractivity contribution in [1.82, 2.24) is 5.32 Å². The summed E-state index contributed by atoms with van der Waals surface area (Å²) in [5, 5.41) is 3.17. The van der Waals surface area contributed by atoms with Crippen LogP contribution in [0.25, 0.3) is 0 Å². The first kappa shape index (κ1) is 16.8. The lowest BCUT2D eigenvalue weighted by atomic mass is 10.2. The Bertz CT molecular complexity index is 628. The quantitative estimate of drug-likeness (QED) is 0.702. The molecule has 1 N–H and O–H groups in total. The summed E-state index contributed by atoms with van der Waals surface area (Å²) in [6, 6.07) is 6.01. The fourth-order valence-corrected chi connectivity index (χ4v) is 3.91. The van der Waals surface area contributed by atoms with Crippen LogP contribution in [0, 0.1) is 6.92 Å². The van der Waals surface area contributed by atoms with Crippen molar-refractivity contribution in [2.45, 2.75) is 20.1 Å². The molecule has 0 aliphatic heterocycles. The number of thiophene rings is 1. The maximum absolute atomic E-state index is 5.93. The number of halogens is 2. The number of methoxy groups -OCH3 is 1. The molecule has 6 heteroatoms. The lowest BCUT2D eigenvalue weighted by molar-refractivity contribution is 0.303. The Morgan fingerprint density at radius 2 is 1.81 bits per heavy atom. The molecule has 0 saturated carbocycles. The molecule has 0 fully saturated rings. The number of hydrogen-bond donors (Lipinski definition) is 1. The maximum Gasteiger partial charge on any atom is 0.135 e. The van der Waals surface area contributed by atoms with E-state index in [0.29, 0.717) is 6.61 Å². The van der Waals surface area contributed by atoms with Gasteiger partial charge in [0.1, 0.15) is 18.1 Å². The third-order valence-corrected chi connectivity index (χ3v) is 5.34. The Kier molecular flexibility index (Phi) is 6.10. The molecule has 0 unspecified atom stereocenters. The fraction of sp³-hybridized carbons (Fsp3) is 0.333. The van der Waals surface area contributed by atoms with Gasteiger partial charge in [-0.1, -0.05) is 0 Å². The van der Waals surface area contributed by atoms with E-state index >= 15 is 0 Å². The molecular formula is C15H17Br2NO2S. The Labute approximate surface area is 145 Å². The van der Waals surface area contributed by atoms with Crippen LogP contribution < -0.4 is 14.8 Å². The topological polar surface area (TPSA) is 30.5 Å². The third kappa shape index (κ3) is 4.22. The Morgan fingerprint density at radius 1 is 1.14 bits per heavy atom. The van der Waals surface area contributed by atoms with E-state index in [4.69, 9.17) is 9.47 Å². The predicted molar refractivity (Wildman–Crippen MR) is 94.5 cm³/mol. The SMILES string of the molecule is CNCc1cc(COc2cc(Br)c(OC)cc2Br)c(C)s1. The normalized spacial score (nSPS) is 10.7. The average Bonchev–Trinajstić information content (AvgIpc) is 2.80. The summed E-state index contributed by atoms with van der Waals surface area (Å²) >= 11 is 8.79. The van der Waals surface area contributed by atoms with Gasteiger partial charge in [0, 0.05) is 21.9 Å². The maximum atomic E-state index is 5.93. The summed E-state index contributed by atoms with van der Waals surface area (Å²) in [5.74, 6) is 1.57. The number of benzene rings is 1. The van der Waals surface area contributed by atoms with Gasteiger partial charge in [0.25, 0.3) is 0 Å². The molecule has 114 valence electrons. The van der Waals surface area contributed by atoms with Gasteiger partial charge >= 0.3 is 0 Å². The molecule has 1 aromatic heterocycles. The van der Waals surface area contributed by atoms with Crippen molar-refractivity contribution in [1.29, 1.82) is 0 Å². The van der Waals surface area contributed by atoms with Crippen molar-refractivity contribution < 1.29 is 9.47 Å². The van der Waals surface area contributed by atoms with Crippen molar-refractivity contribution in [2.75, 3.05) is 14.2 Å². The van der Waals surface area contributed by atoms with Gasteiger partial charge < -0.3 is 14.8 Å². The van der Waals surface area contributed by atoms with Gasteiger partial charge in [-0.15, -0.1) is 11.3 Å². The van der Waals surface area contributed by atoms with E-state index in [-0.39, 0.29) is 0 Å². The zero-order valence-electron chi connectivity index (χ0n) is 12.1. The van der Waals surface area contributed by atoms with Gasteiger partial charge in [0.2, 0.25) is 0 Å². The highest BCUT2D eigenvalue weighted by Gasteiger charge is 2.10. The van der Waals surface area contributed by atoms with Crippen LogP contribution in [0.2, 0.25) is 0 Å². The first-order valence-corrected chi connectivity index (χ1v) is 8.84. The Hall–Kier alpha value is -0.560. The zero-order valence-corrected chi connectivity index (χ0v) is 16.1. The van der Waals surface area contributed by atoms with Crippen molar-refractivity contribution in [3.05, 3.63) is 42.5 Å². The Balaban J connectivity index is 2.11. The second-order valence-corrected chi connectivity index (χ2v) is 7.58. The molecule has 0 bridgehead atoms. The van der Waals surface area contributed by atoms with Crippen molar-refractivity contribution in [2.24, 2.45) is 0 Å². The van der Waals surface area contributed by atoms with Gasteiger partial charge in [-0.25, -0.2) is 0 Å². The molecule has 0 amide bonds. The molecule has 0 atom stereocenters. The van der Waals surface area contributed by atoms with E-state index in [0.717, 1.165) is 27.0 Å². The second-order valence-electron chi connectivity index (χ2n) is 4.53. The summed E-state index contributed by atoms with van der Waals surface area (Å²) in [7, 11) is 3.60. The van der Waals surface area contributed by atoms with Gasteiger partial charge in [-0.2, -0.15) is 0 Å². The van der Waals surface area contributed by atoms with Crippen LogP contribution >= 0.6 is 43.2 Å². The molecule has 3 nitrogen and oxygen atoms in total. The van der Waals surface area contributed by atoms with E-state index in [1.54, 1.807) is 18.4 Å². The van der Waals surface area contributed by atoms with Crippen LogP contribution in [0.3, 0.4) is 0 Å². The monoisotopic (exact) mass is 433 g/mol. The molecule has 0 aliphatic carbocycles. The molecule has 21 heavy (non-hydrogen) atoms. The number of hydrogen-bond acceptors (Lipinski definition) is 4. The summed E-state index contributed by atoms with van der Waals surface area (Å²) in [4.78, 5) is 2.62. The molecule has 0 aliphatic rings. The van der Waals surface area contributed by atoms with E-state index in [2.05, 4.69) is 50.2 Å². The zero-order chi connectivity index (χ0) is 15.4. The first-order chi connectivity index (χ1) is 10.0. The molecular weight excluding hydrogens is 418 g/mol. The van der Waals surface area contributed by atoms with Crippen LogP contribution in [0.1, 0.15) is 15.3 Å². The number of nitrogens with one attached hydrogen (secondary N) is 1. The standard InChI is InChI=1S/C15H17Br2NO2S/c1-9-10(4-11(21-9)7-18-2)8-20-15-6-12(16)14(19-3)5-13(15)17/h4-6,18H,7-8H2,1-3H3. The molecule has 2 aromatic rings. The van der Waals surface area contributed by atoms with E-state index < -0.39 is 0 Å². The smallest absolute Gasteiger partial charge is 0.135 e. The molecule has 0 radical (unpaired) electrons. The number of ether oxygens (including phenoxy) is 2. The molecule has 2 rings (SSSR count). The van der Waals surface area contributed by atoms with Crippen LogP contribution in [-0.4, -0.2) is 14.2 Å². The van der Waals surface area contributed by atoms with Gasteiger partial charge in [0.05, 0.1) is 16.1 Å². The minimum atomic E-state index is 0.559. The highest BCUT2D eigenvalue weighted by Crippen LogP contribution is 2.36. The minimum Gasteiger partial charge on any atom is -0.496 e. The highest BCUT2D eigenvalue weighted by molar-refractivity contribution is 9.11. The van der Waals surface area contributed by atoms with Crippen molar-refractivity contribution in [3.8, 4) is 11.5 Å². The number of aryl methyl sites for hydroxylation is 1. The fourth-order valence-electron chi connectivity index (χ4n) is 1.93. The predicted octanol–water partition coefficient (Wildman–Crippen LogP) is 4.89. The van der Waals surface area contributed by atoms with Crippen LogP contribution in [0.5, 0.6) is 11.5 Å². The van der Waals surface area contributed by atoms with Crippen LogP contribution in [0.4, 0.5) is 0 Å². The molecule has 1 aromatic carbocycles. The minimum absolute atomic E-state index is 0.559.